The molecule has 0 aromatic carbocycles. The first-order valence-electron chi connectivity index (χ1n) is 4.66. The van der Waals surface area contributed by atoms with Gasteiger partial charge in [-0.2, -0.15) is 0 Å². The van der Waals surface area contributed by atoms with Crippen LogP contribution in [0.1, 0.15) is 19.8 Å². The Bertz CT molecular complexity index is 316. The summed E-state index contributed by atoms with van der Waals surface area (Å²) in [6.07, 6.45) is 0.581. The third-order valence-electron chi connectivity index (χ3n) is 2.30. The average Bonchev–Trinajstić information content (AvgIpc) is 2.10. The molecule has 0 bridgehead atoms. The van der Waals surface area contributed by atoms with Crippen molar-refractivity contribution in [1.82, 2.24) is 4.90 Å². The number of carboxylic acids is 1. The molecule has 1 heterocycles. The number of carboxylic acid groups (broad SMARTS) is 1. The molecule has 1 saturated heterocycles. The molecule has 1 aliphatic rings. The lowest BCUT2D eigenvalue weighted by Gasteiger charge is -2.28. The smallest absolute Gasteiger partial charge is 0.332 e. The van der Waals surface area contributed by atoms with Crippen molar-refractivity contribution < 1.29 is 19.5 Å². The molecule has 5 heteroatoms. The fraction of sp³-hybridized carbons (Fsp3) is 0.500. The van der Waals surface area contributed by atoms with E-state index in [-0.39, 0.29) is 29.9 Å². The van der Waals surface area contributed by atoms with E-state index in [1.807, 2.05) is 6.92 Å². The van der Waals surface area contributed by atoms with Gasteiger partial charge in [-0.1, -0.05) is 13.5 Å². The topological polar surface area (TPSA) is 74.7 Å². The lowest BCUT2D eigenvalue weighted by Crippen LogP contribution is -2.44. The molecule has 0 aromatic rings. The van der Waals surface area contributed by atoms with Gasteiger partial charge >= 0.3 is 5.97 Å². The van der Waals surface area contributed by atoms with Crippen molar-refractivity contribution in [3.63, 3.8) is 0 Å². The maximum atomic E-state index is 11.4. The van der Waals surface area contributed by atoms with E-state index >= 15 is 0 Å². The highest BCUT2D eigenvalue weighted by Crippen LogP contribution is 2.19. The Morgan fingerprint density at radius 3 is 2.33 bits per heavy atom. The molecule has 82 valence electrons. The molecular formula is C10H13NO4. The number of rotatable bonds is 3. The number of nitrogens with zero attached hydrogens (tertiary/aromatic N) is 1. The van der Waals surface area contributed by atoms with Crippen LogP contribution in [0.15, 0.2) is 12.2 Å². The van der Waals surface area contributed by atoms with Gasteiger partial charge in [-0.05, 0) is 5.92 Å². The molecule has 0 atom stereocenters. The van der Waals surface area contributed by atoms with Gasteiger partial charge in [0, 0.05) is 18.4 Å². The number of carbonyl (C=O) groups excluding carboxylic acids is 2. The van der Waals surface area contributed by atoms with E-state index in [2.05, 4.69) is 6.58 Å². The summed E-state index contributed by atoms with van der Waals surface area (Å²) < 4.78 is 0. The van der Waals surface area contributed by atoms with E-state index in [1.54, 1.807) is 0 Å². The molecule has 1 N–H and O–H groups in total. The number of aliphatic carboxylic acids is 1. The van der Waals surface area contributed by atoms with Crippen LogP contribution in [0.5, 0.6) is 0 Å². The predicted molar refractivity (Wildman–Crippen MR) is 51.9 cm³/mol. The zero-order valence-corrected chi connectivity index (χ0v) is 8.52. The lowest BCUT2D eigenvalue weighted by molar-refractivity contribution is -0.149. The fourth-order valence-corrected chi connectivity index (χ4v) is 1.46. The van der Waals surface area contributed by atoms with Crippen molar-refractivity contribution in [1.29, 1.82) is 0 Å². The van der Waals surface area contributed by atoms with Crippen LogP contribution < -0.4 is 0 Å². The summed E-state index contributed by atoms with van der Waals surface area (Å²) in [7, 11) is 0. The molecule has 1 aliphatic heterocycles. The van der Waals surface area contributed by atoms with Crippen LogP contribution in [0.4, 0.5) is 0 Å². The summed E-state index contributed by atoms with van der Waals surface area (Å²) in [6, 6.07) is 0. The van der Waals surface area contributed by atoms with Gasteiger partial charge in [-0.25, -0.2) is 4.79 Å². The van der Waals surface area contributed by atoms with Gasteiger partial charge in [0.05, 0.1) is 6.54 Å². The van der Waals surface area contributed by atoms with Crippen molar-refractivity contribution in [2.75, 3.05) is 6.54 Å². The highest BCUT2D eigenvalue weighted by atomic mass is 16.4. The zero-order valence-electron chi connectivity index (χ0n) is 8.52. The van der Waals surface area contributed by atoms with Crippen LogP contribution >= 0.6 is 0 Å². The zero-order chi connectivity index (χ0) is 11.6. The second-order valence-corrected chi connectivity index (χ2v) is 3.80. The highest BCUT2D eigenvalue weighted by Gasteiger charge is 2.31. The first kappa shape index (κ1) is 11.4. The highest BCUT2D eigenvalue weighted by molar-refractivity contribution is 5.99. The van der Waals surface area contributed by atoms with Gasteiger partial charge in [0.1, 0.15) is 0 Å². The van der Waals surface area contributed by atoms with Crippen molar-refractivity contribution in [3.8, 4) is 0 Å². The molecule has 0 aromatic heterocycles. The van der Waals surface area contributed by atoms with Crippen LogP contribution in [0.3, 0.4) is 0 Å². The second kappa shape index (κ2) is 4.25. The lowest BCUT2D eigenvalue weighted by atomic mass is 9.97. The summed E-state index contributed by atoms with van der Waals surface area (Å²) in [4.78, 5) is 34.4. The minimum atomic E-state index is -1.19. The summed E-state index contributed by atoms with van der Waals surface area (Å²) in [6.45, 7) is 4.90. The third-order valence-corrected chi connectivity index (χ3v) is 2.30. The van der Waals surface area contributed by atoms with Crippen LogP contribution in [-0.4, -0.2) is 34.3 Å². The first-order valence-corrected chi connectivity index (χ1v) is 4.66. The number of hydrogen-bond donors (Lipinski definition) is 1. The minimum absolute atomic E-state index is 0.0411. The molecule has 0 spiro atoms. The maximum Gasteiger partial charge on any atom is 0.332 e. The normalized spacial score (nSPS) is 18.1. The van der Waals surface area contributed by atoms with Crippen LogP contribution in [0, 0.1) is 5.92 Å². The van der Waals surface area contributed by atoms with E-state index in [9.17, 15) is 14.4 Å². The van der Waals surface area contributed by atoms with E-state index in [4.69, 9.17) is 5.11 Å². The Morgan fingerprint density at radius 2 is 1.93 bits per heavy atom. The van der Waals surface area contributed by atoms with E-state index in [0.29, 0.717) is 12.8 Å². The molecule has 5 nitrogen and oxygen atoms in total. The van der Waals surface area contributed by atoms with Crippen molar-refractivity contribution in [3.05, 3.63) is 12.2 Å². The van der Waals surface area contributed by atoms with Gasteiger partial charge in [-0.3, -0.25) is 14.5 Å². The largest absolute Gasteiger partial charge is 0.478 e. The summed E-state index contributed by atoms with van der Waals surface area (Å²) in [5.74, 6) is -1.78. The summed E-state index contributed by atoms with van der Waals surface area (Å²) >= 11 is 0. The van der Waals surface area contributed by atoms with Crippen molar-refractivity contribution in [2.24, 2.45) is 5.92 Å². The molecule has 0 radical (unpaired) electrons. The molecular weight excluding hydrogens is 198 g/mol. The Balaban J connectivity index is 2.69. The Kier molecular flexibility index (Phi) is 3.24. The van der Waals surface area contributed by atoms with E-state index in [1.165, 1.54) is 0 Å². The van der Waals surface area contributed by atoms with Crippen molar-refractivity contribution in [2.45, 2.75) is 19.8 Å². The maximum absolute atomic E-state index is 11.4. The van der Waals surface area contributed by atoms with E-state index in [0.717, 1.165) is 4.90 Å². The third kappa shape index (κ3) is 2.65. The summed E-state index contributed by atoms with van der Waals surface area (Å²) in [5.41, 5.74) is -0.147. The summed E-state index contributed by atoms with van der Waals surface area (Å²) in [5, 5.41) is 8.59. The SMILES string of the molecule is C=C(CN1C(=O)CC(C)CC1=O)C(=O)O. The molecule has 2 amide bonds. The molecule has 0 aliphatic carbocycles. The number of imide groups is 1. The van der Waals surface area contributed by atoms with Crippen LogP contribution in [-0.2, 0) is 14.4 Å². The predicted octanol–water partition coefficient (Wildman–Crippen LogP) is 0.412. The molecule has 0 saturated carbocycles. The van der Waals surface area contributed by atoms with Crippen LogP contribution in [0.2, 0.25) is 0 Å². The molecule has 1 fully saturated rings. The quantitative estimate of drug-likeness (QED) is 0.542. The van der Waals surface area contributed by atoms with Gasteiger partial charge in [-0.15, -0.1) is 0 Å². The molecule has 0 unspecified atom stereocenters. The monoisotopic (exact) mass is 211 g/mol. The first-order chi connectivity index (χ1) is 6.91. The Labute approximate surface area is 87.4 Å². The van der Waals surface area contributed by atoms with Gasteiger partial charge in [0.2, 0.25) is 11.8 Å². The Hall–Kier alpha value is -1.65. The minimum Gasteiger partial charge on any atom is -0.478 e. The van der Waals surface area contributed by atoms with Crippen molar-refractivity contribution >= 4 is 17.8 Å². The number of piperidine rings is 1. The number of amides is 2. The van der Waals surface area contributed by atoms with E-state index < -0.39 is 5.97 Å². The van der Waals surface area contributed by atoms with Gasteiger partial charge < -0.3 is 5.11 Å². The molecule has 15 heavy (non-hydrogen) atoms. The number of likely N-dealkylation sites (tertiary alicyclic amines) is 1. The standard InChI is InChI=1S/C10H13NO4/c1-6-3-8(12)11(9(13)4-6)5-7(2)10(14)15/h6H,2-5H2,1H3,(H,14,15). The second-order valence-electron chi connectivity index (χ2n) is 3.80. The number of hydrogen-bond acceptors (Lipinski definition) is 3. The van der Waals surface area contributed by atoms with Gasteiger partial charge in [0.15, 0.2) is 0 Å². The number of carbonyl (C=O) groups is 3. The van der Waals surface area contributed by atoms with Crippen LogP contribution in [0.25, 0.3) is 0 Å². The van der Waals surface area contributed by atoms with Gasteiger partial charge in [0.25, 0.3) is 0 Å². The molecule has 1 rings (SSSR count). The average molecular weight is 211 g/mol. The fourth-order valence-electron chi connectivity index (χ4n) is 1.46. The Morgan fingerprint density at radius 1 is 1.47 bits per heavy atom.